The van der Waals surface area contributed by atoms with Crippen molar-refractivity contribution in [3.63, 3.8) is 0 Å². The van der Waals surface area contributed by atoms with Crippen LogP contribution in [0.25, 0.3) is 11.5 Å². The normalized spacial score (nSPS) is 12.8. The lowest BCUT2D eigenvalue weighted by atomic mass is 10.2. The van der Waals surface area contributed by atoms with Gasteiger partial charge in [-0.3, -0.25) is 0 Å². The Balaban J connectivity index is 2.46. The van der Waals surface area contributed by atoms with Crippen LogP contribution < -0.4 is 0 Å². The quantitative estimate of drug-likeness (QED) is 0.541. The maximum absolute atomic E-state index is 5.87. The lowest BCUT2D eigenvalue weighted by Crippen LogP contribution is -1.82. The average molecular weight is 413 g/mol. The summed E-state index contributed by atoms with van der Waals surface area (Å²) in [5, 5.41) is 7.59. The Morgan fingerprint density at radius 2 is 2.19 bits per heavy atom. The second kappa shape index (κ2) is 5.01. The van der Waals surface area contributed by atoms with Crippen molar-refractivity contribution in [3.05, 3.63) is 32.1 Å². The van der Waals surface area contributed by atoms with Crippen molar-refractivity contribution in [2.24, 2.45) is 0 Å². The smallest absolute Gasteiger partial charge is 0.248 e. The molecule has 2 rings (SSSR count). The Morgan fingerprint density at radius 1 is 1.44 bits per heavy atom. The first-order chi connectivity index (χ1) is 7.58. The molecule has 2 aromatic rings. The fourth-order valence-electron chi connectivity index (χ4n) is 1.17. The van der Waals surface area contributed by atoms with Crippen molar-refractivity contribution < 1.29 is 4.42 Å². The van der Waals surface area contributed by atoms with Crippen LogP contribution in [0.1, 0.15) is 18.2 Å². The van der Waals surface area contributed by atoms with Gasteiger partial charge in [0.1, 0.15) is 5.38 Å². The first-order valence-electron chi connectivity index (χ1n) is 4.51. The number of alkyl halides is 1. The minimum Gasteiger partial charge on any atom is -0.419 e. The average Bonchev–Trinajstić information content (AvgIpc) is 2.70. The number of rotatable bonds is 2. The summed E-state index contributed by atoms with van der Waals surface area (Å²) in [5.41, 5.74) is 0.878. The third kappa shape index (κ3) is 2.57. The molecular formula is C10H7BrClIN2O. The second-order valence-corrected chi connectivity index (χ2v) is 5.94. The number of benzene rings is 1. The van der Waals surface area contributed by atoms with Crippen LogP contribution in [0.2, 0.25) is 0 Å². The third-order valence-corrected chi connectivity index (χ3v) is 3.49. The van der Waals surface area contributed by atoms with E-state index in [9.17, 15) is 0 Å². The summed E-state index contributed by atoms with van der Waals surface area (Å²) in [6.07, 6.45) is 0. The fourth-order valence-corrected chi connectivity index (χ4v) is 2.16. The molecule has 84 valence electrons. The summed E-state index contributed by atoms with van der Waals surface area (Å²) in [7, 11) is 0. The zero-order valence-corrected chi connectivity index (χ0v) is 12.7. The molecule has 1 aromatic heterocycles. The van der Waals surface area contributed by atoms with Crippen molar-refractivity contribution >= 4 is 50.1 Å². The van der Waals surface area contributed by atoms with Crippen LogP contribution in [0.15, 0.2) is 27.1 Å². The van der Waals surface area contributed by atoms with Gasteiger partial charge in [0, 0.05) is 8.04 Å². The standard InChI is InChI=1S/C10H7BrClIN2O/c1-5(12)9-14-15-10(16-9)7-4-6(13)2-3-8(7)11/h2-5H,1H3. The van der Waals surface area contributed by atoms with E-state index in [2.05, 4.69) is 48.7 Å². The number of aromatic nitrogens is 2. The Hall–Kier alpha value is -0.140. The van der Waals surface area contributed by atoms with Crippen LogP contribution in [-0.2, 0) is 0 Å². The Bertz CT molecular complexity index is 515. The highest BCUT2D eigenvalue weighted by molar-refractivity contribution is 14.1. The summed E-state index contributed by atoms with van der Waals surface area (Å²) in [5.74, 6) is 0.912. The van der Waals surface area contributed by atoms with Gasteiger partial charge in [0.05, 0.1) is 5.56 Å². The molecule has 0 spiro atoms. The van der Waals surface area contributed by atoms with Crippen LogP contribution in [0.4, 0.5) is 0 Å². The lowest BCUT2D eigenvalue weighted by molar-refractivity contribution is 0.507. The SMILES string of the molecule is CC(Cl)c1nnc(-c2cc(I)ccc2Br)o1. The predicted octanol–water partition coefficient (Wildman–Crippen LogP) is 4.40. The monoisotopic (exact) mass is 412 g/mol. The van der Waals surface area contributed by atoms with Gasteiger partial charge in [-0.05, 0) is 63.6 Å². The minimum atomic E-state index is -0.275. The van der Waals surface area contributed by atoms with Gasteiger partial charge in [-0.25, -0.2) is 0 Å². The summed E-state index contributed by atoms with van der Waals surface area (Å²) in [4.78, 5) is 0. The molecule has 0 bridgehead atoms. The summed E-state index contributed by atoms with van der Waals surface area (Å²) in [6, 6.07) is 5.92. The molecule has 0 aliphatic rings. The van der Waals surface area contributed by atoms with Gasteiger partial charge in [0.15, 0.2) is 0 Å². The zero-order valence-electron chi connectivity index (χ0n) is 8.25. The van der Waals surface area contributed by atoms with E-state index in [0.717, 1.165) is 13.6 Å². The highest BCUT2D eigenvalue weighted by Gasteiger charge is 2.14. The maximum atomic E-state index is 5.87. The largest absolute Gasteiger partial charge is 0.419 e. The lowest BCUT2D eigenvalue weighted by Gasteiger charge is -1.99. The topological polar surface area (TPSA) is 38.9 Å². The van der Waals surface area contributed by atoms with E-state index in [0.29, 0.717) is 11.8 Å². The first kappa shape index (κ1) is 12.3. The Morgan fingerprint density at radius 3 is 2.81 bits per heavy atom. The predicted molar refractivity (Wildman–Crippen MR) is 74.4 cm³/mol. The summed E-state index contributed by atoms with van der Waals surface area (Å²) >= 11 is 11.5. The van der Waals surface area contributed by atoms with Crippen molar-refractivity contribution in [1.82, 2.24) is 10.2 Å². The van der Waals surface area contributed by atoms with Crippen molar-refractivity contribution in [2.45, 2.75) is 12.3 Å². The van der Waals surface area contributed by atoms with Gasteiger partial charge in [-0.2, -0.15) is 0 Å². The van der Waals surface area contributed by atoms with Crippen molar-refractivity contribution in [3.8, 4) is 11.5 Å². The maximum Gasteiger partial charge on any atom is 0.248 e. The van der Waals surface area contributed by atoms with Crippen LogP contribution in [-0.4, -0.2) is 10.2 Å². The molecule has 0 saturated heterocycles. The van der Waals surface area contributed by atoms with E-state index in [-0.39, 0.29) is 5.38 Å². The van der Waals surface area contributed by atoms with Crippen molar-refractivity contribution in [1.29, 1.82) is 0 Å². The van der Waals surface area contributed by atoms with Gasteiger partial charge in [0.2, 0.25) is 11.8 Å². The Labute approximate surface area is 120 Å². The molecule has 0 aliphatic carbocycles. The summed E-state index contributed by atoms with van der Waals surface area (Å²) in [6.45, 7) is 1.79. The number of nitrogens with zero attached hydrogens (tertiary/aromatic N) is 2. The van der Waals surface area contributed by atoms with Gasteiger partial charge in [-0.15, -0.1) is 21.8 Å². The molecule has 0 N–H and O–H groups in total. The molecule has 0 radical (unpaired) electrons. The number of hydrogen-bond acceptors (Lipinski definition) is 3. The molecule has 0 amide bonds. The molecule has 1 aromatic carbocycles. The van der Waals surface area contributed by atoms with E-state index in [1.54, 1.807) is 6.92 Å². The minimum absolute atomic E-state index is 0.275. The van der Waals surface area contributed by atoms with Crippen molar-refractivity contribution in [2.75, 3.05) is 0 Å². The zero-order chi connectivity index (χ0) is 11.7. The van der Waals surface area contributed by atoms with Gasteiger partial charge < -0.3 is 4.42 Å². The van der Waals surface area contributed by atoms with Crippen LogP contribution >= 0.6 is 50.1 Å². The molecule has 0 saturated carbocycles. The molecule has 1 heterocycles. The third-order valence-electron chi connectivity index (χ3n) is 1.94. The van der Waals surface area contributed by atoms with E-state index < -0.39 is 0 Å². The molecule has 6 heteroatoms. The molecule has 1 atom stereocenters. The van der Waals surface area contributed by atoms with E-state index in [1.807, 2.05) is 18.2 Å². The molecule has 16 heavy (non-hydrogen) atoms. The van der Waals surface area contributed by atoms with E-state index in [4.69, 9.17) is 16.0 Å². The first-order valence-corrected chi connectivity index (χ1v) is 6.81. The van der Waals surface area contributed by atoms with Crippen LogP contribution in [0.5, 0.6) is 0 Å². The molecule has 0 aliphatic heterocycles. The highest BCUT2D eigenvalue weighted by Crippen LogP contribution is 2.30. The number of hydrogen-bond donors (Lipinski definition) is 0. The molecule has 0 fully saturated rings. The van der Waals surface area contributed by atoms with Crippen LogP contribution in [0.3, 0.4) is 0 Å². The van der Waals surface area contributed by atoms with Crippen LogP contribution in [0, 0.1) is 3.57 Å². The molecular weight excluding hydrogens is 406 g/mol. The second-order valence-electron chi connectivity index (χ2n) is 3.19. The Kier molecular flexibility index (Phi) is 3.86. The van der Waals surface area contributed by atoms with Gasteiger partial charge in [0.25, 0.3) is 0 Å². The fraction of sp³-hybridized carbons (Fsp3) is 0.200. The van der Waals surface area contributed by atoms with E-state index >= 15 is 0 Å². The van der Waals surface area contributed by atoms with E-state index in [1.165, 1.54) is 0 Å². The van der Waals surface area contributed by atoms with Gasteiger partial charge >= 0.3 is 0 Å². The molecule has 3 nitrogen and oxygen atoms in total. The highest BCUT2D eigenvalue weighted by atomic mass is 127. The molecule has 1 unspecified atom stereocenters. The number of halogens is 3. The summed E-state index contributed by atoms with van der Waals surface area (Å²) < 4.78 is 7.51. The van der Waals surface area contributed by atoms with Gasteiger partial charge in [-0.1, -0.05) is 0 Å².